The second-order valence-electron chi connectivity index (χ2n) is 13.1. The molecule has 4 amide bonds. The number of imide groups is 2. The highest BCUT2D eigenvalue weighted by atomic mass is 35.5. The van der Waals surface area contributed by atoms with Crippen molar-refractivity contribution in [3.8, 4) is 11.5 Å². The number of para-hydroxylation sites is 1. The second-order valence-corrected chi connectivity index (χ2v) is 13.5. The summed E-state index contributed by atoms with van der Waals surface area (Å²) in [7, 11) is 0. The zero-order valence-electron chi connectivity index (χ0n) is 26.1. The van der Waals surface area contributed by atoms with Crippen LogP contribution in [0.25, 0.3) is 0 Å². The summed E-state index contributed by atoms with van der Waals surface area (Å²) in [6, 6.07) is 12.1. The van der Waals surface area contributed by atoms with Gasteiger partial charge in [-0.1, -0.05) is 47.5 Å². The van der Waals surface area contributed by atoms with E-state index in [1.807, 2.05) is 6.08 Å². The van der Waals surface area contributed by atoms with E-state index in [9.17, 15) is 43.7 Å². The van der Waals surface area contributed by atoms with Crippen molar-refractivity contribution in [1.29, 1.82) is 0 Å². The topological polar surface area (TPSA) is 153 Å². The molecule has 0 aromatic heterocycles. The number of halogens is 2. The monoisotopic (exact) mass is 684 g/mol. The summed E-state index contributed by atoms with van der Waals surface area (Å²) in [4.78, 5) is 70.4. The van der Waals surface area contributed by atoms with Gasteiger partial charge in [-0.3, -0.25) is 19.2 Å². The summed E-state index contributed by atoms with van der Waals surface area (Å²) in [5.74, 6) is -9.45. The lowest BCUT2D eigenvalue weighted by molar-refractivity contribution is -0.131. The molecule has 4 aliphatic rings. The number of phenols is 2. The maximum absolute atomic E-state index is 14.6. The van der Waals surface area contributed by atoms with Crippen molar-refractivity contribution in [2.75, 3.05) is 9.80 Å². The highest BCUT2D eigenvalue weighted by Gasteiger charge is 2.68. The van der Waals surface area contributed by atoms with E-state index in [1.54, 1.807) is 31.2 Å². The Kier molecular flexibility index (Phi) is 7.51. The van der Waals surface area contributed by atoms with E-state index in [0.717, 1.165) is 28.0 Å². The number of hydrogen-bond acceptors (Lipinski definition) is 7. The zero-order chi connectivity index (χ0) is 35.1. The van der Waals surface area contributed by atoms with Gasteiger partial charge in [0, 0.05) is 17.5 Å². The summed E-state index contributed by atoms with van der Waals surface area (Å²) in [6.07, 6.45) is 3.92. The van der Waals surface area contributed by atoms with Crippen molar-refractivity contribution in [2.24, 2.45) is 29.1 Å². The van der Waals surface area contributed by atoms with E-state index in [2.05, 4.69) is 6.58 Å². The molecular formula is C37H30ClFN2O8. The standard InChI is InChI=1S/C37H30ClFN2O8/c1-3-5-17-6-4-7-23(31(17)43)30-20-11-12-22-29(34(46)40(32(22)44)19-8-10-21(35(47)48)28(42)15-19)24(20)16-25-33(45)41(36(49)37(25,30)2)18-9-13-27(39)26(38)14-18/h3-4,6-11,13-15,22,24-25,29-30,42-43H,1,5,12,16H2,2H3,(H,47,48)/t22-,24+,25-,29-,30+,37+/m0/s1. The van der Waals surface area contributed by atoms with Gasteiger partial charge in [-0.05, 0) is 68.0 Å². The average molecular weight is 685 g/mol. The smallest absolute Gasteiger partial charge is 0.339 e. The number of allylic oxidation sites excluding steroid dienone is 3. The molecule has 7 rings (SSSR count). The quantitative estimate of drug-likeness (QED) is 0.219. The molecule has 0 spiro atoms. The highest BCUT2D eigenvalue weighted by molar-refractivity contribution is 6.32. The van der Waals surface area contributed by atoms with E-state index in [0.29, 0.717) is 23.1 Å². The fourth-order valence-electron chi connectivity index (χ4n) is 8.49. The molecule has 0 unspecified atom stereocenters. The normalized spacial score (nSPS) is 27.5. The molecule has 0 radical (unpaired) electrons. The Morgan fingerprint density at radius 3 is 2.39 bits per heavy atom. The first kappa shape index (κ1) is 32.3. The summed E-state index contributed by atoms with van der Waals surface area (Å²) >= 11 is 6.06. The summed E-state index contributed by atoms with van der Waals surface area (Å²) in [5, 5.41) is 31.0. The molecule has 3 fully saturated rings. The van der Waals surface area contributed by atoms with Crippen LogP contribution in [0, 0.1) is 34.9 Å². The van der Waals surface area contributed by atoms with Crippen molar-refractivity contribution in [1.82, 2.24) is 0 Å². The number of carboxylic acids is 1. The number of hydrogen-bond donors (Lipinski definition) is 3. The predicted molar refractivity (Wildman–Crippen MR) is 176 cm³/mol. The number of aromatic carboxylic acids is 1. The highest BCUT2D eigenvalue weighted by Crippen LogP contribution is 2.64. The molecule has 2 saturated heterocycles. The Morgan fingerprint density at radius 2 is 1.71 bits per heavy atom. The zero-order valence-corrected chi connectivity index (χ0v) is 26.9. The molecule has 10 nitrogen and oxygen atoms in total. The molecule has 3 aromatic carbocycles. The Bertz CT molecular complexity index is 2060. The Hall–Kier alpha value is -5.29. The van der Waals surface area contributed by atoms with Crippen LogP contribution in [-0.2, 0) is 25.6 Å². The number of fused-ring (bicyclic) bond motifs is 4. The summed E-state index contributed by atoms with van der Waals surface area (Å²) in [5.41, 5.74) is -0.201. The molecule has 2 aliphatic heterocycles. The Balaban J connectivity index is 1.37. The lowest BCUT2D eigenvalue weighted by atomic mass is 9.51. The largest absolute Gasteiger partial charge is 0.507 e. The molecule has 2 aliphatic carbocycles. The van der Waals surface area contributed by atoms with Gasteiger partial charge < -0.3 is 15.3 Å². The fourth-order valence-corrected chi connectivity index (χ4v) is 8.66. The molecule has 3 N–H and O–H groups in total. The van der Waals surface area contributed by atoms with E-state index < -0.39 is 81.7 Å². The van der Waals surface area contributed by atoms with E-state index in [-0.39, 0.29) is 35.0 Å². The van der Waals surface area contributed by atoms with Crippen LogP contribution in [0.1, 0.15) is 47.2 Å². The van der Waals surface area contributed by atoms with Gasteiger partial charge in [0.2, 0.25) is 23.6 Å². The van der Waals surface area contributed by atoms with Crippen molar-refractivity contribution in [3.63, 3.8) is 0 Å². The Labute approximate surface area is 284 Å². The maximum atomic E-state index is 14.6. The van der Waals surface area contributed by atoms with Gasteiger partial charge in [-0.2, -0.15) is 0 Å². The number of aromatic hydroxyl groups is 2. The number of anilines is 2. The van der Waals surface area contributed by atoms with Gasteiger partial charge in [-0.25, -0.2) is 19.0 Å². The molecule has 0 bridgehead atoms. The lowest BCUT2D eigenvalue weighted by Gasteiger charge is -2.49. The van der Waals surface area contributed by atoms with Crippen LogP contribution >= 0.6 is 11.6 Å². The average Bonchev–Trinajstić information content (AvgIpc) is 3.43. The lowest BCUT2D eigenvalue weighted by Crippen LogP contribution is -2.49. The van der Waals surface area contributed by atoms with Crippen molar-refractivity contribution >= 4 is 52.6 Å². The number of carbonyl (C=O) groups excluding carboxylic acids is 4. The number of nitrogens with zero attached hydrogens (tertiary/aromatic N) is 2. The third kappa shape index (κ3) is 4.55. The first-order chi connectivity index (χ1) is 23.3. The maximum Gasteiger partial charge on any atom is 0.339 e. The van der Waals surface area contributed by atoms with Crippen LogP contribution in [0.5, 0.6) is 11.5 Å². The van der Waals surface area contributed by atoms with Gasteiger partial charge in [0.15, 0.2) is 0 Å². The molecule has 3 aromatic rings. The minimum Gasteiger partial charge on any atom is -0.507 e. The molecular weight excluding hydrogens is 655 g/mol. The van der Waals surface area contributed by atoms with Crippen molar-refractivity contribution in [3.05, 3.63) is 106 Å². The van der Waals surface area contributed by atoms with Crippen LogP contribution in [-0.4, -0.2) is 44.9 Å². The molecule has 2 heterocycles. The number of phenolic OH excluding ortho intramolecular Hbond substituents is 1. The van der Waals surface area contributed by atoms with Crippen LogP contribution in [0.15, 0.2) is 78.9 Å². The minimum absolute atomic E-state index is 0.00639. The van der Waals surface area contributed by atoms with Gasteiger partial charge in [-0.15, -0.1) is 6.58 Å². The third-order valence-electron chi connectivity index (χ3n) is 10.7. The van der Waals surface area contributed by atoms with Crippen molar-refractivity contribution in [2.45, 2.75) is 32.1 Å². The SMILES string of the molecule is C=CCc1cccc([C@H]2C3=CC[C@@H]4C(=O)N(c5ccc(C(=O)O)c(O)c5)C(=O)[C@@H]4[C@@H]3C[C@H]3C(=O)N(c4ccc(F)c(Cl)c4)C(=O)[C@@]23C)c1O. The minimum atomic E-state index is -1.46. The summed E-state index contributed by atoms with van der Waals surface area (Å²) in [6.45, 7) is 5.43. The number of carboxylic acid groups (broad SMARTS) is 1. The molecule has 49 heavy (non-hydrogen) atoms. The Morgan fingerprint density at radius 1 is 1.00 bits per heavy atom. The molecule has 250 valence electrons. The van der Waals surface area contributed by atoms with Crippen LogP contribution < -0.4 is 9.80 Å². The van der Waals surface area contributed by atoms with E-state index in [1.165, 1.54) is 18.2 Å². The summed E-state index contributed by atoms with van der Waals surface area (Å²) < 4.78 is 14.1. The van der Waals surface area contributed by atoms with E-state index >= 15 is 0 Å². The first-order valence-electron chi connectivity index (χ1n) is 15.7. The van der Waals surface area contributed by atoms with Gasteiger partial charge in [0.1, 0.15) is 22.9 Å². The third-order valence-corrected chi connectivity index (χ3v) is 11.0. The van der Waals surface area contributed by atoms with Crippen molar-refractivity contribution < 1.29 is 43.7 Å². The molecule has 1 saturated carbocycles. The van der Waals surface area contributed by atoms with Gasteiger partial charge >= 0.3 is 5.97 Å². The van der Waals surface area contributed by atoms with E-state index in [4.69, 9.17) is 11.6 Å². The molecule has 6 atom stereocenters. The molecule has 12 heteroatoms. The number of benzene rings is 3. The number of carbonyl (C=O) groups is 5. The van der Waals surface area contributed by atoms with Crippen LogP contribution in [0.2, 0.25) is 5.02 Å². The van der Waals surface area contributed by atoms with Crippen LogP contribution in [0.4, 0.5) is 15.8 Å². The van der Waals surface area contributed by atoms with Crippen LogP contribution in [0.3, 0.4) is 0 Å². The first-order valence-corrected chi connectivity index (χ1v) is 16.1. The number of amides is 4. The predicted octanol–water partition coefficient (Wildman–Crippen LogP) is 5.75. The number of rotatable bonds is 6. The van der Waals surface area contributed by atoms with Gasteiger partial charge in [0.05, 0.1) is 39.6 Å². The second kappa shape index (κ2) is 11.4. The fraction of sp³-hybridized carbons (Fsp3) is 0.270. The van der Waals surface area contributed by atoms with Gasteiger partial charge in [0.25, 0.3) is 0 Å².